The molecule has 0 aliphatic carbocycles. The summed E-state index contributed by atoms with van der Waals surface area (Å²) in [7, 11) is 0. The number of unbranched alkanes of at least 4 members (excludes halogenated alkanes) is 3. The van der Waals surface area contributed by atoms with Gasteiger partial charge in [0.05, 0.1) is 5.60 Å². The van der Waals surface area contributed by atoms with Gasteiger partial charge in [0.2, 0.25) is 5.91 Å². The normalized spacial score (nSPS) is 11.5. The second-order valence-electron chi connectivity index (χ2n) is 4.92. The minimum atomic E-state index is -0.274. The summed E-state index contributed by atoms with van der Waals surface area (Å²) in [6.07, 6.45) is 4.81. The van der Waals surface area contributed by atoms with Crippen molar-refractivity contribution in [2.45, 2.75) is 58.5 Å². The zero-order valence-electron chi connectivity index (χ0n) is 11.6. The summed E-state index contributed by atoms with van der Waals surface area (Å²) >= 11 is 0. The van der Waals surface area contributed by atoms with Gasteiger partial charge in [-0.1, -0.05) is 12.8 Å². The number of ether oxygens (including phenoxy) is 1. The first-order valence-electron chi connectivity index (χ1n) is 6.62. The van der Waals surface area contributed by atoms with E-state index in [4.69, 9.17) is 10.5 Å². The number of carbonyl (C=O) groups is 1. The third kappa shape index (κ3) is 10.3. The third-order valence-electron chi connectivity index (χ3n) is 2.60. The van der Waals surface area contributed by atoms with Gasteiger partial charge >= 0.3 is 0 Å². The Morgan fingerprint density at radius 3 is 2.47 bits per heavy atom. The van der Waals surface area contributed by atoms with Gasteiger partial charge in [-0.3, -0.25) is 4.79 Å². The Bertz CT molecular complexity index is 206. The topological polar surface area (TPSA) is 64.3 Å². The number of hydrogen-bond donors (Lipinski definition) is 2. The lowest BCUT2D eigenvalue weighted by molar-refractivity contribution is -0.122. The minimum absolute atomic E-state index is 0.116. The van der Waals surface area contributed by atoms with Crippen molar-refractivity contribution in [3.05, 3.63) is 0 Å². The van der Waals surface area contributed by atoms with Crippen LogP contribution in [0, 0.1) is 0 Å². The lowest BCUT2D eigenvalue weighted by atomic mass is 10.1. The highest BCUT2D eigenvalue weighted by atomic mass is 16.5. The van der Waals surface area contributed by atoms with Crippen molar-refractivity contribution in [3.8, 4) is 0 Å². The molecule has 0 saturated heterocycles. The van der Waals surface area contributed by atoms with Crippen LogP contribution in [0.3, 0.4) is 0 Å². The molecule has 0 rings (SSSR count). The molecule has 4 heteroatoms. The lowest BCUT2D eigenvalue weighted by Crippen LogP contribution is -2.40. The molecule has 0 aliphatic rings. The molecule has 0 aromatic carbocycles. The molecular weight excluding hydrogens is 216 g/mol. The summed E-state index contributed by atoms with van der Waals surface area (Å²) in [5.41, 5.74) is 5.13. The molecule has 0 spiro atoms. The summed E-state index contributed by atoms with van der Waals surface area (Å²) in [4.78, 5) is 11.5. The van der Waals surface area contributed by atoms with Gasteiger partial charge in [0.15, 0.2) is 0 Å². The van der Waals surface area contributed by atoms with Crippen LogP contribution in [0.1, 0.15) is 52.9 Å². The van der Waals surface area contributed by atoms with Crippen molar-refractivity contribution in [1.29, 1.82) is 0 Å². The molecule has 0 saturated carbocycles. The van der Waals surface area contributed by atoms with Gasteiger partial charge in [0, 0.05) is 19.6 Å². The smallest absolute Gasteiger partial charge is 0.220 e. The van der Waals surface area contributed by atoms with Crippen LogP contribution >= 0.6 is 0 Å². The number of nitrogens with two attached hydrogens (primary N) is 1. The number of amides is 1. The molecule has 0 heterocycles. The highest BCUT2D eigenvalue weighted by molar-refractivity contribution is 5.75. The fraction of sp³-hybridized carbons (Fsp3) is 0.923. The van der Waals surface area contributed by atoms with Gasteiger partial charge in [-0.15, -0.1) is 0 Å². The van der Waals surface area contributed by atoms with E-state index >= 15 is 0 Å². The fourth-order valence-electron chi connectivity index (χ4n) is 1.63. The van der Waals surface area contributed by atoms with Crippen molar-refractivity contribution in [2.75, 3.05) is 19.7 Å². The fourth-order valence-corrected chi connectivity index (χ4v) is 1.63. The van der Waals surface area contributed by atoms with E-state index in [0.29, 0.717) is 19.6 Å². The Morgan fingerprint density at radius 1 is 1.24 bits per heavy atom. The number of carbonyl (C=O) groups excluding carboxylic acids is 1. The molecule has 0 atom stereocenters. The Morgan fingerprint density at radius 2 is 1.88 bits per heavy atom. The molecule has 4 nitrogen and oxygen atoms in total. The first kappa shape index (κ1) is 16.4. The molecule has 0 unspecified atom stereocenters. The Balaban J connectivity index is 3.52. The van der Waals surface area contributed by atoms with Crippen molar-refractivity contribution < 1.29 is 9.53 Å². The van der Waals surface area contributed by atoms with E-state index in [1.165, 1.54) is 0 Å². The number of rotatable bonds is 10. The predicted molar refractivity (Wildman–Crippen MR) is 70.9 cm³/mol. The second kappa shape index (κ2) is 9.42. The molecule has 0 fully saturated rings. The highest BCUT2D eigenvalue weighted by Gasteiger charge is 2.18. The summed E-state index contributed by atoms with van der Waals surface area (Å²) in [6.45, 7) is 7.91. The quantitative estimate of drug-likeness (QED) is 0.576. The molecule has 0 radical (unpaired) electrons. The van der Waals surface area contributed by atoms with Crippen molar-refractivity contribution in [3.63, 3.8) is 0 Å². The monoisotopic (exact) mass is 244 g/mol. The SMILES string of the molecule is CCOC(C)(C)CNC(=O)CCCCCCN. The largest absolute Gasteiger partial charge is 0.374 e. The number of nitrogens with one attached hydrogen (secondary N) is 1. The first-order chi connectivity index (χ1) is 8.02. The molecule has 102 valence electrons. The van der Waals surface area contributed by atoms with E-state index in [1.807, 2.05) is 20.8 Å². The van der Waals surface area contributed by atoms with Crippen LogP contribution in [0.25, 0.3) is 0 Å². The maximum atomic E-state index is 11.5. The van der Waals surface area contributed by atoms with Crippen LogP contribution < -0.4 is 11.1 Å². The van der Waals surface area contributed by atoms with Gasteiger partial charge in [-0.25, -0.2) is 0 Å². The Kier molecular flexibility index (Phi) is 9.09. The van der Waals surface area contributed by atoms with Crippen LogP contribution in [0.2, 0.25) is 0 Å². The van der Waals surface area contributed by atoms with E-state index in [9.17, 15) is 4.79 Å². The molecular formula is C13H28N2O2. The molecule has 1 amide bonds. The van der Waals surface area contributed by atoms with E-state index in [-0.39, 0.29) is 11.5 Å². The molecule has 17 heavy (non-hydrogen) atoms. The van der Waals surface area contributed by atoms with Crippen molar-refractivity contribution >= 4 is 5.91 Å². The highest BCUT2D eigenvalue weighted by Crippen LogP contribution is 2.07. The minimum Gasteiger partial charge on any atom is -0.374 e. The van der Waals surface area contributed by atoms with Crippen LogP contribution in [0.4, 0.5) is 0 Å². The molecule has 0 aliphatic heterocycles. The molecule has 3 N–H and O–H groups in total. The van der Waals surface area contributed by atoms with Crippen molar-refractivity contribution in [2.24, 2.45) is 5.73 Å². The van der Waals surface area contributed by atoms with Crippen LogP contribution in [-0.4, -0.2) is 31.2 Å². The summed E-state index contributed by atoms with van der Waals surface area (Å²) in [6, 6.07) is 0. The van der Waals surface area contributed by atoms with Crippen LogP contribution in [-0.2, 0) is 9.53 Å². The first-order valence-corrected chi connectivity index (χ1v) is 6.62. The molecule has 0 aromatic rings. The van der Waals surface area contributed by atoms with Crippen LogP contribution in [0.5, 0.6) is 0 Å². The summed E-state index contributed by atoms with van der Waals surface area (Å²) in [5, 5.41) is 2.91. The second-order valence-corrected chi connectivity index (χ2v) is 4.92. The molecule has 0 bridgehead atoms. The van der Waals surface area contributed by atoms with E-state index in [0.717, 1.165) is 32.2 Å². The Hall–Kier alpha value is -0.610. The predicted octanol–water partition coefficient (Wildman–Crippen LogP) is 1.83. The van der Waals surface area contributed by atoms with Gasteiger partial charge in [-0.05, 0) is 40.2 Å². The molecule has 0 aromatic heterocycles. The van der Waals surface area contributed by atoms with E-state index in [1.54, 1.807) is 0 Å². The van der Waals surface area contributed by atoms with Gasteiger partial charge in [0.1, 0.15) is 0 Å². The average molecular weight is 244 g/mol. The zero-order valence-corrected chi connectivity index (χ0v) is 11.6. The standard InChI is InChI=1S/C13H28N2O2/c1-4-17-13(2,3)11-15-12(16)9-7-5-6-8-10-14/h4-11,14H2,1-3H3,(H,15,16). The van der Waals surface area contributed by atoms with E-state index in [2.05, 4.69) is 5.32 Å². The van der Waals surface area contributed by atoms with Crippen molar-refractivity contribution in [1.82, 2.24) is 5.32 Å². The zero-order chi connectivity index (χ0) is 13.1. The van der Waals surface area contributed by atoms with Gasteiger partial charge in [-0.2, -0.15) is 0 Å². The third-order valence-corrected chi connectivity index (χ3v) is 2.60. The number of hydrogen-bond acceptors (Lipinski definition) is 3. The maximum Gasteiger partial charge on any atom is 0.220 e. The lowest BCUT2D eigenvalue weighted by Gasteiger charge is -2.24. The van der Waals surface area contributed by atoms with Gasteiger partial charge in [0.25, 0.3) is 0 Å². The van der Waals surface area contributed by atoms with Crippen LogP contribution in [0.15, 0.2) is 0 Å². The summed E-state index contributed by atoms with van der Waals surface area (Å²) in [5.74, 6) is 0.116. The maximum absolute atomic E-state index is 11.5. The summed E-state index contributed by atoms with van der Waals surface area (Å²) < 4.78 is 5.51. The van der Waals surface area contributed by atoms with E-state index < -0.39 is 0 Å². The Labute approximate surface area is 105 Å². The van der Waals surface area contributed by atoms with Gasteiger partial charge < -0.3 is 15.8 Å². The average Bonchev–Trinajstić information content (AvgIpc) is 2.26.